The lowest BCUT2D eigenvalue weighted by molar-refractivity contribution is -0.00000756. The molecule has 0 fully saturated rings. The van der Waals surface area contributed by atoms with E-state index in [1.165, 1.54) is 33.8 Å². The van der Waals surface area contributed by atoms with Crippen molar-refractivity contribution >= 4 is 17.8 Å². The van der Waals surface area contributed by atoms with Crippen LogP contribution in [0.3, 0.4) is 0 Å². The van der Waals surface area contributed by atoms with Crippen LogP contribution >= 0.6 is 0 Å². The Bertz CT molecular complexity index is 1520. The highest BCUT2D eigenvalue weighted by atomic mass is 79.9. The zero-order chi connectivity index (χ0) is 25.7. The monoisotopic (exact) mass is 573 g/mol. The molecule has 4 heteroatoms. The highest BCUT2D eigenvalue weighted by Crippen LogP contribution is 2.48. The maximum Gasteiger partial charge on any atom is 0.118 e. The van der Waals surface area contributed by atoms with Crippen LogP contribution in [0, 0.1) is 0 Å². The number of halogens is 1. The third kappa shape index (κ3) is 5.62. The third-order valence-electron chi connectivity index (χ3n) is 7.08. The molecule has 2 aliphatic heterocycles. The van der Waals surface area contributed by atoms with Crippen molar-refractivity contribution in [3.05, 3.63) is 167 Å². The molecule has 4 aromatic carbocycles. The molecule has 0 bridgehead atoms. The number of para-hydroxylation sites is 1. The minimum Gasteiger partial charge on any atom is -1.00 e. The Morgan fingerprint density at radius 1 is 0.718 bits per heavy atom. The number of methoxy groups -OCH3 is 1. The van der Waals surface area contributed by atoms with Gasteiger partial charge in [0.15, 0.2) is 0 Å². The maximum absolute atomic E-state index is 5.35. The largest absolute Gasteiger partial charge is 1.00 e. The van der Waals surface area contributed by atoms with Gasteiger partial charge >= 0.3 is 0 Å². The van der Waals surface area contributed by atoms with Gasteiger partial charge in [0.25, 0.3) is 0 Å². The average Bonchev–Trinajstić information content (AvgIpc) is 3.30. The number of nitrogens with zero attached hydrogens (tertiary/aromatic N) is 2. The second-order valence-electron chi connectivity index (χ2n) is 9.46. The number of hydrogen-bond acceptors (Lipinski definition) is 3. The van der Waals surface area contributed by atoms with Crippen molar-refractivity contribution in [2.75, 3.05) is 12.0 Å². The van der Waals surface area contributed by atoms with Gasteiger partial charge in [0, 0.05) is 30.5 Å². The summed E-state index contributed by atoms with van der Waals surface area (Å²) in [7, 11) is 1.70. The van der Waals surface area contributed by atoms with E-state index in [0.717, 1.165) is 17.9 Å². The summed E-state index contributed by atoms with van der Waals surface area (Å²) in [5.74, 6) is 1.05. The quantitative estimate of drug-likeness (QED) is 0.301. The first-order chi connectivity index (χ1) is 18.8. The van der Waals surface area contributed by atoms with Crippen LogP contribution < -0.4 is 26.6 Å². The topological polar surface area (TPSA) is 15.7 Å². The zero-order valence-electron chi connectivity index (χ0n) is 21.8. The van der Waals surface area contributed by atoms with Crippen LogP contribution in [0.5, 0.6) is 5.75 Å². The molecule has 2 heterocycles. The molecule has 0 aliphatic carbocycles. The Labute approximate surface area is 241 Å². The summed E-state index contributed by atoms with van der Waals surface area (Å²) in [6.07, 6.45) is 13.4. The molecule has 0 N–H and O–H groups in total. The van der Waals surface area contributed by atoms with Gasteiger partial charge in [-0.25, -0.2) is 0 Å². The first-order valence-electron chi connectivity index (χ1n) is 13.0. The van der Waals surface area contributed by atoms with Gasteiger partial charge in [-0.15, -0.1) is 0 Å². The Morgan fingerprint density at radius 2 is 1.38 bits per heavy atom. The Morgan fingerprint density at radius 3 is 2.13 bits per heavy atom. The molecule has 6 rings (SSSR count). The van der Waals surface area contributed by atoms with Crippen molar-refractivity contribution < 1.29 is 21.7 Å². The lowest BCUT2D eigenvalue weighted by atomic mass is 9.94. The molecule has 0 spiro atoms. The SMILES string of the molecule is COc1ccc(/C=C/C2=C3C(C=CN2Cc2ccccc2)c2ccccc2N3/C=C/c2ccccc2)cc1.[Br-]. The Kier molecular flexibility index (Phi) is 8.14. The zero-order valence-corrected chi connectivity index (χ0v) is 23.4. The van der Waals surface area contributed by atoms with Crippen molar-refractivity contribution in [1.29, 1.82) is 0 Å². The van der Waals surface area contributed by atoms with E-state index >= 15 is 0 Å². The van der Waals surface area contributed by atoms with Gasteiger partial charge in [0.1, 0.15) is 5.75 Å². The van der Waals surface area contributed by atoms with Gasteiger partial charge in [0.2, 0.25) is 0 Å². The molecule has 2 aliphatic rings. The highest BCUT2D eigenvalue weighted by Gasteiger charge is 2.36. The van der Waals surface area contributed by atoms with Gasteiger partial charge < -0.3 is 31.5 Å². The van der Waals surface area contributed by atoms with E-state index in [1.54, 1.807) is 7.11 Å². The number of allylic oxidation sites excluding steroid dienone is 2. The fourth-order valence-corrected chi connectivity index (χ4v) is 5.17. The van der Waals surface area contributed by atoms with Gasteiger partial charge in [0.05, 0.1) is 18.5 Å². The molecule has 0 radical (unpaired) electrons. The van der Waals surface area contributed by atoms with E-state index in [4.69, 9.17) is 4.74 Å². The average molecular weight is 575 g/mol. The molecule has 4 aromatic rings. The molecule has 3 nitrogen and oxygen atoms in total. The number of benzene rings is 4. The van der Waals surface area contributed by atoms with E-state index < -0.39 is 0 Å². The molecule has 1 unspecified atom stereocenters. The lowest BCUT2D eigenvalue weighted by Gasteiger charge is -2.32. The number of rotatable bonds is 7. The first-order valence-corrected chi connectivity index (χ1v) is 13.0. The van der Waals surface area contributed by atoms with Crippen LogP contribution in [0.25, 0.3) is 12.2 Å². The number of ether oxygens (including phenoxy) is 1. The maximum atomic E-state index is 5.35. The molecular weight excluding hydrogens is 544 g/mol. The van der Waals surface area contributed by atoms with Crippen LogP contribution in [0.4, 0.5) is 5.69 Å². The van der Waals surface area contributed by atoms with E-state index in [0.29, 0.717) is 0 Å². The number of hydrogen-bond donors (Lipinski definition) is 0. The van der Waals surface area contributed by atoms with Crippen molar-refractivity contribution in [2.45, 2.75) is 12.5 Å². The van der Waals surface area contributed by atoms with Crippen LogP contribution in [-0.2, 0) is 6.54 Å². The minimum atomic E-state index is 0. The van der Waals surface area contributed by atoms with Crippen molar-refractivity contribution in [1.82, 2.24) is 4.90 Å². The summed E-state index contributed by atoms with van der Waals surface area (Å²) in [6, 6.07) is 38.0. The second-order valence-corrected chi connectivity index (χ2v) is 9.46. The molecule has 194 valence electrons. The van der Waals surface area contributed by atoms with E-state index in [-0.39, 0.29) is 22.9 Å². The molecule has 0 saturated carbocycles. The van der Waals surface area contributed by atoms with E-state index in [1.807, 2.05) is 12.1 Å². The summed E-state index contributed by atoms with van der Waals surface area (Å²) >= 11 is 0. The van der Waals surface area contributed by atoms with Crippen LogP contribution in [0.15, 0.2) is 145 Å². The standard InChI is InChI=1S/C35H30N2O.BrH/c1-38-30-19-16-28(17-20-30)18-21-34-35-32(23-24-36(34)26-29-12-6-3-7-13-29)31-14-8-9-15-33(31)37(35)25-22-27-10-4-2-5-11-27;/h2-25,32H,26H2,1H3;1H/p-1/b21-18+,25-22+;. The fraction of sp³-hybridized carbons (Fsp3) is 0.0857. The molecule has 1 atom stereocenters. The number of fused-ring (bicyclic) bond motifs is 3. The summed E-state index contributed by atoms with van der Waals surface area (Å²) < 4.78 is 5.35. The van der Waals surface area contributed by atoms with Crippen LogP contribution in [0.1, 0.15) is 28.2 Å². The predicted molar refractivity (Wildman–Crippen MR) is 157 cm³/mol. The van der Waals surface area contributed by atoms with E-state index in [9.17, 15) is 0 Å². The van der Waals surface area contributed by atoms with Gasteiger partial charge in [-0.2, -0.15) is 0 Å². The second kappa shape index (κ2) is 12.1. The molecular formula is C35H30BrN2O-. The molecule has 0 saturated heterocycles. The van der Waals surface area contributed by atoms with Gasteiger partial charge in [-0.3, -0.25) is 0 Å². The summed E-state index contributed by atoms with van der Waals surface area (Å²) in [5.41, 5.74) is 8.58. The lowest BCUT2D eigenvalue weighted by Crippen LogP contribution is -3.00. The number of anilines is 1. The summed E-state index contributed by atoms with van der Waals surface area (Å²) in [6.45, 7) is 0.794. The molecule has 0 amide bonds. The fourth-order valence-electron chi connectivity index (χ4n) is 5.17. The van der Waals surface area contributed by atoms with Gasteiger partial charge in [-0.1, -0.05) is 103 Å². The Hall–Kier alpha value is -4.28. The van der Waals surface area contributed by atoms with Crippen LogP contribution in [0.2, 0.25) is 0 Å². The predicted octanol–water partition coefficient (Wildman–Crippen LogP) is 5.23. The third-order valence-corrected chi connectivity index (χ3v) is 7.08. The summed E-state index contributed by atoms with van der Waals surface area (Å²) in [4.78, 5) is 4.72. The molecule has 0 aromatic heterocycles. The normalized spacial score (nSPS) is 16.0. The van der Waals surface area contributed by atoms with Crippen molar-refractivity contribution in [2.24, 2.45) is 0 Å². The highest BCUT2D eigenvalue weighted by molar-refractivity contribution is 5.75. The van der Waals surface area contributed by atoms with Gasteiger partial charge in [-0.05, 0) is 52.6 Å². The van der Waals surface area contributed by atoms with Crippen LogP contribution in [-0.4, -0.2) is 12.0 Å². The van der Waals surface area contributed by atoms with Crippen molar-refractivity contribution in [3.63, 3.8) is 0 Å². The van der Waals surface area contributed by atoms with E-state index in [2.05, 4.69) is 144 Å². The van der Waals surface area contributed by atoms with Crippen molar-refractivity contribution in [3.8, 4) is 5.75 Å². The minimum absolute atomic E-state index is 0. The Balaban J connectivity index is 0.00000308. The summed E-state index contributed by atoms with van der Waals surface area (Å²) in [5, 5.41) is 0. The molecule has 39 heavy (non-hydrogen) atoms. The smallest absolute Gasteiger partial charge is 0.118 e. The first kappa shape index (κ1) is 26.3.